The average molecular weight is 269 g/mol. The number of nitrogens with one attached hydrogen (secondary N) is 2. The number of carbonyl (C=O) groups excluding carboxylic acids is 1. The van der Waals surface area contributed by atoms with Crippen LogP contribution in [0.3, 0.4) is 0 Å². The Bertz CT molecular complexity index is 598. The van der Waals surface area contributed by atoms with Crippen LogP contribution >= 0.6 is 0 Å². The summed E-state index contributed by atoms with van der Waals surface area (Å²) in [5.74, 6) is 0.302. The van der Waals surface area contributed by atoms with Gasteiger partial charge < -0.3 is 10.6 Å². The largest absolute Gasteiger partial charge is 0.351 e. The van der Waals surface area contributed by atoms with Gasteiger partial charge in [-0.1, -0.05) is 6.07 Å². The summed E-state index contributed by atoms with van der Waals surface area (Å²) in [5.41, 5.74) is 1.32. The molecule has 1 saturated carbocycles. The molecule has 0 spiro atoms. The molecule has 6 nitrogen and oxygen atoms in total. The van der Waals surface area contributed by atoms with Gasteiger partial charge in [-0.25, -0.2) is 9.97 Å². The third-order valence-corrected chi connectivity index (χ3v) is 2.97. The third-order valence-electron chi connectivity index (χ3n) is 2.97. The molecule has 2 heterocycles. The topological polar surface area (TPSA) is 79.8 Å². The minimum Gasteiger partial charge on any atom is -0.351 e. The molecular formula is C14H15N5O. The zero-order valence-corrected chi connectivity index (χ0v) is 10.9. The summed E-state index contributed by atoms with van der Waals surface area (Å²) in [5, 5.41) is 5.99. The highest BCUT2D eigenvalue weighted by Gasteiger charge is 2.22. The van der Waals surface area contributed by atoms with Crippen LogP contribution in [0.25, 0.3) is 0 Å². The van der Waals surface area contributed by atoms with E-state index in [2.05, 4.69) is 25.6 Å². The number of pyridine rings is 1. The first-order valence-corrected chi connectivity index (χ1v) is 6.58. The van der Waals surface area contributed by atoms with E-state index in [1.807, 2.05) is 12.1 Å². The summed E-state index contributed by atoms with van der Waals surface area (Å²) < 4.78 is 0. The van der Waals surface area contributed by atoms with E-state index in [0.717, 1.165) is 18.4 Å². The fourth-order valence-corrected chi connectivity index (χ4v) is 1.74. The van der Waals surface area contributed by atoms with Gasteiger partial charge in [-0.3, -0.25) is 9.78 Å². The van der Waals surface area contributed by atoms with Crippen molar-refractivity contribution < 1.29 is 4.79 Å². The number of aromatic nitrogens is 3. The van der Waals surface area contributed by atoms with E-state index < -0.39 is 0 Å². The molecule has 1 aliphatic carbocycles. The van der Waals surface area contributed by atoms with E-state index in [0.29, 0.717) is 24.2 Å². The number of carbonyl (C=O) groups is 1. The predicted octanol–water partition coefficient (Wildman–Crippen LogP) is 1.38. The Balaban J connectivity index is 1.61. The quantitative estimate of drug-likeness (QED) is 0.857. The highest BCUT2D eigenvalue weighted by molar-refractivity contribution is 5.92. The van der Waals surface area contributed by atoms with Crippen LogP contribution in [0, 0.1) is 0 Å². The molecule has 2 N–H and O–H groups in total. The molecule has 0 radical (unpaired) electrons. The van der Waals surface area contributed by atoms with E-state index in [1.54, 1.807) is 24.7 Å². The maximum atomic E-state index is 12.0. The molecule has 1 amide bonds. The Morgan fingerprint density at radius 2 is 2.20 bits per heavy atom. The zero-order chi connectivity index (χ0) is 13.8. The number of nitrogens with zero attached hydrogens (tertiary/aromatic N) is 3. The Morgan fingerprint density at radius 1 is 1.30 bits per heavy atom. The summed E-state index contributed by atoms with van der Waals surface area (Å²) in [6.45, 7) is 0.433. The molecule has 2 aromatic heterocycles. The van der Waals surface area contributed by atoms with Crippen molar-refractivity contribution in [3.63, 3.8) is 0 Å². The molecule has 0 aliphatic heterocycles. The summed E-state index contributed by atoms with van der Waals surface area (Å²) in [4.78, 5) is 24.3. The van der Waals surface area contributed by atoms with Crippen LogP contribution in [0.15, 0.2) is 36.8 Å². The van der Waals surface area contributed by atoms with Crippen LogP contribution in [-0.4, -0.2) is 26.9 Å². The van der Waals surface area contributed by atoms with Gasteiger partial charge in [0.05, 0.1) is 0 Å². The summed E-state index contributed by atoms with van der Waals surface area (Å²) >= 11 is 0. The smallest absolute Gasteiger partial charge is 0.270 e. The van der Waals surface area contributed by atoms with Crippen molar-refractivity contribution in [3.05, 3.63) is 48.0 Å². The summed E-state index contributed by atoms with van der Waals surface area (Å²) in [6, 6.07) is 5.82. The third kappa shape index (κ3) is 3.28. The maximum absolute atomic E-state index is 12.0. The van der Waals surface area contributed by atoms with E-state index in [1.165, 1.54) is 0 Å². The number of amides is 1. The standard InChI is InChI=1S/C14H15N5O/c20-13(17-9-10-2-1-6-15-8-10)12-5-7-16-14(19-12)18-11-3-4-11/h1-2,5-8,11H,3-4,9H2,(H,17,20)(H,16,18,19). The van der Waals surface area contributed by atoms with Crippen LogP contribution < -0.4 is 10.6 Å². The van der Waals surface area contributed by atoms with E-state index in [9.17, 15) is 4.79 Å². The van der Waals surface area contributed by atoms with Crippen molar-refractivity contribution in [1.29, 1.82) is 0 Å². The fourth-order valence-electron chi connectivity index (χ4n) is 1.74. The molecule has 0 saturated heterocycles. The van der Waals surface area contributed by atoms with Crippen molar-refractivity contribution in [2.75, 3.05) is 5.32 Å². The summed E-state index contributed by atoms with van der Waals surface area (Å²) in [6.07, 6.45) is 7.30. The van der Waals surface area contributed by atoms with Gasteiger partial charge in [-0.05, 0) is 30.5 Å². The van der Waals surface area contributed by atoms with Crippen molar-refractivity contribution in [2.45, 2.75) is 25.4 Å². The Morgan fingerprint density at radius 3 is 2.95 bits per heavy atom. The molecule has 1 aliphatic rings. The lowest BCUT2D eigenvalue weighted by atomic mass is 10.3. The molecule has 0 atom stereocenters. The number of hydrogen-bond donors (Lipinski definition) is 2. The van der Waals surface area contributed by atoms with E-state index >= 15 is 0 Å². The minimum absolute atomic E-state index is 0.213. The van der Waals surface area contributed by atoms with Gasteiger partial charge in [0, 0.05) is 31.2 Å². The highest BCUT2D eigenvalue weighted by Crippen LogP contribution is 2.22. The first kappa shape index (κ1) is 12.5. The average Bonchev–Trinajstić information content (AvgIpc) is 3.30. The molecule has 20 heavy (non-hydrogen) atoms. The lowest BCUT2D eigenvalue weighted by molar-refractivity contribution is 0.0946. The molecule has 102 valence electrons. The number of rotatable bonds is 5. The van der Waals surface area contributed by atoms with Crippen LogP contribution in [0.5, 0.6) is 0 Å². The molecule has 0 aromatic carbocycles. The van der Waals surface area contributed by atoms with Gasteiger partial charge in [0.2, 0.25) is 5.95 Å². The van der Waals surface area contributed by atoms with Gasteiger partial charge in [0.25, 0.3) is 5.91 Å². The molecule has 3 rings (SSSR count). The van der Waals surface area contributed by atoms with Gasteiger partial charge in [0.15, 0.2) is 0 Å². The van der Waals surface area contributed by atoms with E-state index in [4.69, 9.17) is 0 Å². The minimum atomic E-state index is -0.213. The SMILES string of the molecule is O=C(NCc1cccnc1)c1ccnc(NC2CC2)n1. The zero-order valence-electron chi connectivity index (χ0n) is 10.9. The Hall–Kier alpha value is -2.50. The van der Waals surface area contributed by atoms with Gasteiger partial charge in [-0.15, -0.1) is 0 Å². The molecule has 2 aromatic rings. The lowest BCUT2D eigenvalue weighted by Crippen LogP contribution is -2.24. The second-order valence-corrected chi connectivity index (χ2v) is 4.73. The normalized spacial score (nSPS) is 13.8. The van der Waals surface area contributed by atoms with Crippen molar-refractivity contribution >= 4 is 11.9 Å². The number of anilines is 1. The van der Waals surface area contributed by atoms with Crippen LogP contribution in [0.1, 0.15) is 28.9 Å². The van der Waals surface area contributed by atoms with Crippen LogP contribution in [0.4, 0.5) is 5.95 Å². The van der Waals surface area contributed by atoms with Crippen molar-refractivity contribution in [3.8, 4) is 0 Å². The molecule has 0 unspecified atom stereocenters. The highest BCUT2D eigenvalue weighted by atomic mass is 16.1. The van der Waals surface area contributed by atoms with Gasteiger partial charge >= 0.3 is 0 Å². The van der Waals surface area contributed by atoms with Crippen molar-refractivity contribution in [2.24, 2.45) is 0 Å². The predicted molar refractivity (Wildman–Crippen MR) is 74.1 cm³/mol. The second-order valence-electron chi connectivity index (χ2n) is 4.73. The molecular weight excluding hydrogens is 254 g/mol. The fraction of sp³-hybridized carbons (Fsp3) is 0.286. The Kier molecular flexibility index (Phi) is 3.54. The van der Waals surface area contributed by atoms with Crippen molar-refractivity contribution in [1.82, 2.24) is 20.3 Å². The molecule has 0 bridgehead atoms. The van der Waals surface area contributed by atoms with Crippen LogP contribution in [0.2, 0.25) is 0 Å². The van der Waals surface area contributed by atoms with Gasteiger partial charge in [-0.2, -0.15) is 0 Å². The van der Waals surface area contributed by atoms with E-state index in [-0.39, 0.29) is 5.91 Å². The number of hydrogen-bond acceptors (Lipinski definition) is 5. The van der Waals surface area contributed by atoms with Crippen LogP contribution in [-0.2, 0) is 6.54 Å². The second kappa shape index (κ2) is 5.64. The maximum Gasteiger partial charge on any atom is 0.270 e. The monoisotopic (exact) mass is 269 g/mol. The van der Waals surface area contributed by atoms with Gasteiger partial charge in [0.1, 0.15) is 5.69 Å². The first-order valence-electron chi connectivity index (χ1n) is 6.58. The Labute approximate surface area is 116 Å². The lowest BCUT2D eigenvalue weighted by Gasteiger charge is -2.06. The summed E-state index contributed by atoms with van der Waals surface area (Å²) in [7, 11) is 0. The first-order chi connectivity index (χ1) is 9.81. The molecule has 6 heteroatoms. The molecule has 1 fully saturated rings.